The number of carbonyl (C=O) groups excluding carboxylic acids is 1. The molecule has 0 atom stereocenters. The van der Waals surface area contributed by atoms with Crippen molar-refractivity contribution in [3.05, 3.63) is 52.6 Å². The average molecular weight is 283 g/mol. The molecular weight excluding hydrogens is 262 g/mol. The van der Waals surface area contributed by atoms with E-state index >= 15 is 0 Å². The summed E-state index contributed by atoms with van der Waals surface area (Å²) < 4.78 is 0. The monoisotopic (exact) mass is 283 g/mol. The van der Waals surface area contributed by atoms with Gasteiger partial charge >= 0.3 is 0 Å². The standard InChI is InChI=1S/C17H21N3O/c1-5-13-8-7-9-14(6-2)16(13)20-17(21)15-10-18-12(4)19-11(15)3/h7-10H,5-6H2,1-4H3,(H,20,21). The summed E-state index contributed by atoms with van der Waals surface area (Å²) in [7, 11) is 0. The van der Waals surface area contributed by atoms with Crippen molar-refractivity contribution >= 4 is 11.6 Å². The Balaban J connectivity index is 2.35. The maximum Gasteiger partial charge on any atom is 0.259 e. The molecule has 0 aliphatic rings. The Morgan fingerprint density at radius 1 is 1.14 bits per heavy atom. The van der Waals surface area contributed by atoms with E-state index in [-0.39, 0.29) is 5.91 Å². The van der Waals surface area contributed by atoms with Crippen LogP contribution < -0.4 is 5.32 Å². The lowest BCUT2D eigenvalue weighted by molar-refractivity contribution is 0.102. The minimum Gasteiger partial charge on any atom is -0.321 e. The smallest absolute Gasteiger partial charge is 0.259 e. The molecule has 1 aromatic carbocycles. The molecule has 110 valence electrons. The molecule has 1 amide bonds. The van der Waals surface area contributed by atoms with Crippen molar-refractivity contribution in [2.24, 2.45) is 0 Å². The van der Waals surface area contributed by atoms with E-state index in [1.165, 1.54) is 0 Å². The third-order valence-electron chi connectivity index (χ3n) is 3.58. The van der Waals surface area contributed by atoms with Crippen molar-refractivity contribution in [3.8, 4) is 0 Å². The Morgan fingerprint density at radius 3 is 2.29 bits per heavy atom. The molecule has 1 aromatic heterocycles. The van der Waals surface area contributed by atoms with Crippen LogP contribution in [-0.4, -0.2) is 15.9 Å². The zero-order valence-corrected chi connectivity index (χ0v) is 13.0. The van der Waals surface area contributed by atoms with Crippen molar-refractivity contribution in [1.29, 1.82) is 0 Å². The molecule has 1 heterocycles. The second-order valence-corrected chi connectivity index (χ2v) is 5.03. The number of nitrogens with zero attached hydrogens (tertiary/aromatic N) is 2. The number of aryl methyl sites for hydroxylation is 4. The maximum atomic E-state index is 12.5. The van der Waals surface area contributed by atoms with Gasteiger partial charge < -0.3 is 5.32 Å². The topological polar surface area (TPSA) is 54.9 Å². The number of benzene rings is 1. The fraction of sp³-hybridized carbons (Fsp3) is 0.353. The largest absolute Gasteiger partial charge is 0.321 e. The lowest BCUT2D eigenvalue weighted by Crippen LogP contribution is -2.17. The SMILES string of the molecule is CCc1cccc(CC)c1NC(=O)c1cnc(C)nc1C. The van der Waals surface area contributed by atoms with E-state index in [1.807, 2.05) is 32.0 Å². The third-order valence-corrected chi connectivity index (χ3v) is 3.58. The first kappa shape index (κ1) is 15.2. The summed E-state index contributed by atoms with van der Waals surface area (Å²) in [5, 5.41) is 3.04. The van der Waals surface area contributed by atoms with Gasteiger partial charge in [0, 0.05) is 11.9 Å². The number of hydrogen-bond acceptors (Lipinski definition) is 3. The number of carbonyl (C=O) groups is 1. The minimum atomic E-state index is -0.150. The second kappa shape index (κ2) is 6.48. The molecule has 21 heavy (non-hydrogen) atoms. The summed E-state index contributed by atoms with van der Waals surface area (Å²) in [6.45, 7) is 7.82. The Kier molecular flexibility index (Phi) is 4.68. The predicted octanol–water partition coefficient (Wildman–Crippen LogP) is 3.47. The molecule has 0 fully saturated rings. The Hall–Kier alpha value is -2.23. The van der Waals surface area contributed by atoms with E-state index in [4.69, 9.17) is 0 Å². The van der Waals surface area contributed by atoms with E-state index in [0.717, 1.165) is 29.7 Å². The van der Waals surface area contributed by atoms with Gasteiger partial charge in [-0.3, -0.25) is 4.79 Å². The number of rotatable bonds is 4. The number of anilines is 1. The molecule has 0 aliphatic carbocycles. The number of para-hydroxylation sites is 1. The van der Waals surface area contributed by atoms with E-state index in [0.29, 0.717) is 17.1 Å². The first-order chi connectivity index (χ1) is 10.1. The van der Waals surface area contributed by atoms with Crippen LogP contribution in [0.5, 0.6) is 0 Å². The van der Waals surface area contributed by atoms with Crippen molar-refractivity contribution in [1.82, 2.24) is 9.97 Å². The highest BCUT2D eigenvalue weighted by Crippen LogP contribution is 2.23. The fourth-order valence-corrected chi connectivity index (χ4v) is 2.39. The van der Waals surface area contributed by atoms with E-state index in [2.05, 4.69) is 29.1 Å². The van der Waals surface area contributed by atoms with Crippen LogP contribution in [0.3, 0.4) is 0 Å². The first-order valence-electron chi connectivity index (χ1n) is 7.29. The quantitative estimate of drug-likeness (QED) is 0.934. The minimum absolute atomic E-state index is 0.150. The molecular formula is C17H21N3O. The van der Waals surface area contributed by atoms with Gasteiger partial charge in [0.25, 0.3) is 5.91 Å². The lowest BCUT2D eigenvalue weighted by Gasteiger charge is -2.15. The number of aromatic nitrogens is 2. The molecule has 2 rings (SSSR count). The Labute approximate surface area is 125 Å². The van der Waals surface area contributed by atoms with Crippen molar-refractivity contribution in [2.45, 2.75) is 40.5 Å². The van der Waals surface area contributed by atoms with Crippen LogP contribution in [0.1, 0.15) is 46.9 Å². The van der Waals surface area contributed by atoms with Crippen LogP contribution in [0.15, 0.2) is 24.4 Å². The van der Waals surface area contributed by atoms with Crippen LogP contribution in [0, 0.1) is 13.8 Å². The highest BCUT2D eigenvalue weighted by molar-refractivity contribution is 6.05. The normalized spacial score (nSPS) is 10.5. The third kappa shape index (κ3) is 3.27. The summed E-state index contributed by atoms with van der Waals surface area (Å²) >= 11 is 0. The fourth-order valence-electron chi connectivity index (χ4n) is 2.39. The van der Waals surface area contributed by atoms with Gasteiger partial charge in [-0.2, -0.15) is 0 Å². The highest BCUT2D eigenvalue weighted by Gasteiger charge is 2.14. The Morgan fingerprint density at radius 2 is 1.76 bits per heavy atom. The lowest BCUT2D eigenvalue weighted by atomic mass is 10.0. The molecule has 1 N–H and O–H groups in total. The molecule has 0 unspecified atom stereocenters. The Bertz CT molecular complexity index is 643. The summed E-state index contributed by atoms with van der Waals surface area (Å²) in [4.78, 5) is 20.9. The number of amides is 1. The molecule has 4 heteroatoms. The molecule has 2 aromatic rings. The van der Waals surface area contributed by atoms with Crippen LogP contribution in [0.4, 0.5) is 5.69 Å². The summed E-state index contributed by atoms with van der Waals surface area (Å²) in [6, 6.07) is 6.13. The van der Waals surface area contributed by atoms with Crippen molar-refractivity contribution < 1.29 is 4.79 Å². The van der Waals surface area contributed by atoms with Gasteiger partial charge in [0.15, 0.2) is 0 Å². The molecule has 0 bridgehead atoms. The van der Waals surface area contributed by atoms with Crippen LogP contribution in [-0.2, 0) is 12.8 Å². The molecule has 0 spiro atoms. The molecule has 4 nitrogen and oxygen atoms in total. The van der Waals surface area contributed by atoms with Gasteiger partial charge in [-0.1, -0.05) is 32.0 Å². The highest BCUT2D eigenvalue weighted by atomic mass is 16.1. The summed E-state index contributed by atoms with van der Waals surface area (Å²) in [6.07, 6.45) is 3.35. The van der Waals surface area contributed by atoms with Gasteiger partial charge in [-0.05, 0) is 37.8 Å². The number of hydrogen-bond donors (Lipinski definition) is 1. The predicted molar refractivity (Wildman–Crippen MR) is 84.7 cm³/mol. The van der Waals surface area contributed by atoms with Gasteiger partial charge in [0.1, 0.15) is 5.82 Å². The van der Waals surface area contributed by atoms with Crippen LogP contribution in [0.2, 0.25) is 0 Å². The van der Waals surface area contributed by atoms with Gasteiger partial charge in [-0.15, -0.1) is 0 Å². The van der Waals surface area contributed by atoms with Crippen LogP contribution >= 0.6 is 0 Å². The summed E-state index contributed by atoms with van der Waals surface area (Å²) in [5.74, 6) is 0.523. The first-order valence-corrected chi connectivity index (χ1v) is 7.29. The number of nitrogens with one attached hydrogen (secondary N) is 1. The average Bonchev–Trinajstić information content (AvgIpc) is 2.47. The van der Waals surface area contributed by atoms with Crippen molar-refractivity contribution in [2.75, 3.05) is 5.32 Å². The van der Waals surface area contributed by atoms with E-state index < -0.39 is 0 Å². The van der Waals surface area contributed by atoms with Crippen LogP contribution in [0.25, 0.3) is 0 Å². The van der Waals surface area contributed by atoms with Gasteiger partial charge in [0.2, 0.25) is 0 Å². The van der Waals surface area contributed by atoms with E-state index in [9.17, 15) is 4.79 Å². The molecule has 0 saturated carbocycles. The van der Waals surface area contributed by atoms with Gasteiger partial charge in [0.05, 0.1) is 11.3 Å². The van der Waals surface area contributed by atoms with Crippen molar-refractivity contribution in [3.63, 3.8) is 0 Å². The van der Waals surface area contributed by atoms with E-state index in [1.54, 1.807) is 6.20 Å². The second-order valence-electron chi connectivity index (χ2n) is 5.03. The zero-order chi connectivity index (χ0) is 15.4. The maximum absolute atomic E-state index is 12.5. The molecule has 0 saturated heterocycles. The summed E-state index contributed by atoms with van der Waals surface area (Å²) in [5.41, 5.74) is 4.44. The molecule has 0 aliphatic heterocycles. The molecule has 0 radical (unpaired) electrons. The zero-order valence-electron chi connectivity index (χ0n) is 13.0. The van der Waals surface area contributed by atoms with Gasteiger partial charge in [-0.25, -0.2) is 9.97 Å².